The molecule has 0 atom stereocenters. The van der Waals surface area contributed by atoms with Crippen LogP contribution >= 0.6 is 0 Å². The predicted molar refractivity (Wildman–Crippen MR) is 109 cm³/mol. The molecule has 1 aliphatic heterocycles. The molecule has 2 aromatic carbocycles. The number of para-hydroxylation sites is 1. The van der Waals surface area contributed by atoms with Gasteiger partial charge in [0, 0.05) is 43.8 Å². The molecule has 1 saturated heterocycles. The molecule has 0 unspecified atom stereocenters. The van der Waals surface area contributed by atoms with E-state index in [1.807, 2.05) is 48.5 Å². The number of aromatic nitrogens is 1. The highest BCUT2D eigenvalue weighted by Gasteiger charge is 2.18. The maximum absolute atomic E-state index is 13.1. The van der Waals surface area contributed by atoms with Gasteiger partial charge < -0.3 is 15.1 Å². The van der Waals surface area contributed by atoms with Crippen LogP contribution in [0.25, 0.3) is 0 Å². The minimum absolute atomic E-state index is 0.175. The van der Waals surface area contributed by atoms with Crippen molar-refractivity contribution in [2.45, 2.75) is 0 Å². The maximum atomic E-state index is 13.1. The van der Waals surface area contributed by atoms with E-state index in [-0.39, 0.29) is 11.7 Å². The number of hydrogen-bond donors (Lipinski definition) is 1. The van der Waals surface area contributed by atoms with Crippen molar-refractivity contribution in [2.75, 3.05) is 41.3 Å². The van der Waals surface area contributed by atoms with E-state index < -0.39 is 0 Å². The van der Waals surface area contributed by atoms with Gasteiger partial charge in [-0.05, 0) is 48.5 Å². The van der Waals surface area contributed by atoms with Gasteiger partial charge in [0.25, 0.3) is 5.91 Å². The Bertz CT molecular complexity index is 921. The number of carbonyl (C=O) groups excluding carboxylic acids is 1. The predicted octanol–water partition coefficient (Wildman–Crippen LogP) is 3.80. The van der Waals surface area contributed by atoms with E-state index in [0.29, 0.717) is 5.56 Å². The molecule has 4 rings (SSSR count). The lowest BCUT2D eigenvalue weighted by atomic mass is 10.2. The number of nitrogens with zero attached hydrogens (tertiary/aromatic N) is 3. The molecule has 0 saturated carbocycles. The van der Waals surface area contributed by atoms with Crippen LogP contribution in [0.15, 0.2) is 72.9 Å². The molecule has 3 aromatic rings. The molecule has 1 aliphatic rings. The number of hydrogen-bond acceptors (Lipinski definition) is 4. The molecule has 0 spiro atoms. The van der Waals surface area contributed by atoms with Gasteiger partial charge in [0.05, 0.1) is 5.56 Å². The van der Waals surface area contributed by atoms with Crippen molar-refractivity contribution in [1.29, 1.82) is 0 Å². The Kier molecular flexibility index (Phi) is 5.19. The molecule has 1 fully saturated rings. The fourth-order valence-electron chi connectivity index (χ4n) is 3.28. The first-order valence-corrected chi connectivity index (χ1v) is 9.27. The molecular weight excluding hydrogens is 355 g/mol. The van der Waals surface area contributed by atoms with Crippen molar-refractivity contribution in [3.8, 4) is 0 Å². The number of halogens is 1. The molecular formula is C22H21FN4O. The van der Waals surface area contributed by atoms with Crippen LogP contribution in [0.5, 0.6) is 0 Å². The van der Waals surface area contributed by atoms with Gasteiger partial charge in [0.15, 0.2) is 0 Å². The largest absolute Gasteiger partial charge is 0.368 e. The van der Waals surface area contributed by atoms with Crippen LogP contribution in [0.1, 0.15) is 10.4 Å². The highest BCUT2D eigenvalue weighted by Crippen LogP contribution is 2.20. The monoisotopic (exact) mass is 376 g/mol. The summed E-state index contributed by atoms with van der Waals surface area (Å²) in [6.45, 7) is 3.31. The standard InChI is InChI=1S/C22H21FN4O/c23-18-7-9-20(10-8-18)26-12-14-27(15-13-26)21-11-6-17(16-24-21)22(28)25-19-4-2-1-3-5-19/h1-11,16H,12-15H2,(H,25,28). The van der Waals surface area contributed by atoms with Crippen molar-refractivity contribution < 1.29 is 9.18 Å². The minimum Gasteiger partial charge on any atom is -0.368 e. The summed E-state index contributed by atoms with van der Waals surface area (Å²) in [6.07, 6.45) is 1.61. The SMILES string of the molecule is O=C(Nc1ccccc1)c1ccc(N2CCN(c3ccc(F)cc3)CC2)nc1. The zero-order valence-corrected chi connectivity index (χ0v) is 15.4. The Morgan fingerprint density at radius 1 is 0.857 bits per heavy atom. The molecule has 0 radical (unpaired) electrons. The molecule has 1 N–H and O–H groups in total. The highest BCUT2D eigenvalue weighted by molar-refractivity contribution is 6.04. The van der Waals surface area contributed by atoms with Crippen LogP contribution in [0, 0.1) is 5.82 Å². The number of benzene rings is 2. The number of carbonyl (C=O) groups is 1. The molecule has 1 aromatic heterocycles. The maximum Gasteiger partial charge on any atom is 0.257 e. The normalized spacial score (nSPS) is 14.0. The van der Waals surface area contributed by atoms with Crippen LogP contribution in [0.3, 0.4) is 0 Å². The molecule has 5 nitrogen and oxygen atoms in total. The summed E-state index contributed by atoms with van der Waals surface area (Å²) in [5.41, 5.74) is 2.31. The first kappa shape index (κ1) is 18.0. The lowest BCUT2D eigenvalue weighted by Gasteiger charge is -2.36. The fraction of sp³-hybridized carbons (Fsp3) is 0.182. The Labute approximate surface area is 163 Å². The van der Waals surface area contributed by atoms with E-state index in [9.17, 15) is 9.18 Å². The van der Waals surface area contributed by atoms with Crippen molar-refractivity contribution in [3.05, 3.63) is 84.3 Å². The summed E-state index contributed by atoms with van der Waals surface area (Å²) < 4.78 is 13.1. The van der Waals surface area contributed by atoms with Gasteiger partial charge in [-0.15, -0.1) is 0 Å². The average molecular weight is 376 g/mol. The van der Waals surface area contributed by atoms with Gasteiger partial charge in [-0.25, -0.2) is 9.37 Å². The number of piperazine rings is 1. The second-order valence-corrected chi connectivity index (χ2v) is 6.68. The fourth-order valence-corrected chi connectivity index (χ4v) is 3.28. The van der Waals surface area contributed by atoms with Gasteiger partial charge in [-0.1, -0.05) is 18.2 Å². The second kappa shape index (κ2) is 8.08. The molecule has 0 bridgehead atoms. The molecule has 1 amide bonds. The molecule has 142 valence electrons. The van der Waals surface area contributed by atoms with Crippen molar-refractivity contribution in [3.63, 3.8) is 0 Å². The van der Waals surface area contributed by atoms with E-state index in [0.717, 1.165) is 43.4 Å². The zero-order chi connectivity index (χ0) is 19.3. The number of rotatable bonds is 4. The molecule has 2 heterocycles. The van der Waals surface area contributed by atoms with Crippen LogP contribution in [0.2, 0.25) is 0 Å². The lowest BCUT2D eigenvalue weighted by Crippen LogP contribution is -2.46. The average Bonchev–Trinajstić information content (AvgIpc) is 2.75. The van der Waals surface area contributed by atoms with E-state index in [1.165, 1.54) is 12.1 Å². The van der Waals surface area contributed by atoms with Crippen molar-refractivity contribution in [1.82, 2.24) is 4.98 Å². The quantitative estimate of drug-likeness (QED) is 0.753. The van der Waals surface area contributed by atoms with Crippen molar-refractivity contribution >= 4 is 23.1 Å². The van der Waals surface area contributed by atoms with Crippen molar-refractivity contribution in [2.24, 2.45) is 0 Å². The summed E-state index contributed by atoms with van der Waals surface area (Å²) in [6, 6.07) is 19.6. The highest BCUT2D eigenvalue weighted by atomic mass is 19.1. The third-order valence-corrected chi connectivity index (χ3v) is 4.84. The smallest absolute Gasteiger partial charge is 0.257 e. The van der Waals surface area contributed by atoms with Gasteiger partial charge in [0.2, 0.25) is 0 Å². The van der Waals surface area contributed by atoms with Crippen LogP contribution in [-0.4, -0.2) is 37.1 Å². The van der Waals surface area contributed by atoms with E-state index in [1.54, 1.807) is 12.3 Å². The Hall–Kier alpha value is -3.41. The van der Waals surface area contributed by atoms with Gasteiger partial charge in [-0.2, -0.15) is 0 Å². The Balaban J connectivity index is 1.35. The summed E-state index contributed by atoms with van der Waals surface area (Å²) in [5, 5.41) is 2.86. The van der Waals surface area contributed by atoms with Gasteiger partial charge in [0.1, 0.15) is 11.6 Å². The summed E-state index contributed by atoms with van der Waals surface area (Å²) >= 11 is 0. The summed E-state index contributed by atoms with van der Waals surface area (Å²) in [4.78, 5) is 21.2. The molecule has 0 aliphatic carbocycles. The topological polar surface area (TPSA) is 48.5 Å². The van der Waals surface area contributed by atoms with E-state index in [4.69, 9.17) is 0 Å². The third-order valence-electron chi connectivity index (χ3n) is 4.84. The van der Waals surface area contributed by atoms with Gasteiger partial charge in [-0.3, -0.25) is 4.79 Å². The number of anilines is 3. The zero-order valence-electron chi connectivity index (χ0n) is 15.4. The van der Waals surface area contributed by atoms with Crippen LogP contribution < -0.4 is 15.1 Å². The van der Waals surface area contributed by atoms with E-state index in [2.05, 4.69) is 20.1 Å². The Morgan fingerprint density at radius 3 is 2.18 bits per heavy atom. The molecule has 28 heavy (non-hydrogen) atoms. The summed E-state index contributed by atoms with van der Waals surface area (Å²) in [5.74, 6) is 0.462. The minimum atomic E-state index is -0.219. The van der Waals surface area contributed by atoms with Crippen LogP contribution in [0.4, 0.5) is 21.6 Å². The van der Waals surface area contributed by atoms with Crippen LogP contribution in [-0.2, 0) is 0 Å². The van der Waals surface area contributed by atoms with E-state index >= 15 is 0 Å². The first-order valence-electron chi connectivity index (χ1n) is 9.27. The second-order valence-electron chi connectivity index (χ2n) is 6.68. The number of amides is 1. The number of pyridine rings is 1. The third kappa shape index (κ3) is 4.11. The van der Waals surface area contributed by atoms with Gasteiger partial charge >= 0.3 is 0 Å². The summed E-state index contributed by atoms with van der Waals surface area (Å²) in [7, 11) is 0. The first-order chi connectivity index (χ1) is 13.7. The number of nitrogens with one attached hydrogen (secondary N) is 1. The molecule has 6 heteroatoms. The lowest BCUT2D eigenvalue weighted by molar-refractivity contribution is 0.102. The Morgan fingerprint density at radius 2 is 1.54 bits per heavy atom.